The monoisotopic (exact) mass is 1340 g/mol. The lowest BCUT2D eigenvalue weighted by molar-refractivity contribution is -0.161. The van der Waals surface area contributed by atoms with Crippen LogP contribution in [0.15, 0.2) is 0 Å². The second kappa shape index (κ2) is 64.1. The Bertz CT molecular complexity index is 1770. The molecule has 0 heterocycles. The van der Waals surface area contributed by atoms with Crippen LogP contribution in [-0.2, 0) is 65.4 Å². The van der Waals surface area contributed by atoms with Crippen LogP contribution in [0.4, 0.5) is 0 Å². The number of ether oxygens (including phenoxy) is 4. The molecule has 0 aliphatic rings. The van der Waals surface area contributed by atoms with Crippen molar-refractivity contribution in [2.45, 2.75) is 387 Å². The minimum atomic E-state index is -4.95. The van der Waals surface area contributed by atoms with E-state index < -0.39 is 97.5 Å². The fourth-order valence-electron chi connectivity index (χ4n) is 10.9. The Labute approximate surface area is 556 Å². The number of rotatable bonds is 71. The molecule has 540 valence electrons. The summed E-state index contributed by atoms with van der Waals surface area (Å²) in [6.45, 7) is 9.59. The van der Waals surface area contributed by atoms with Crippen LogP contribution >= 0.6 is 15.6 Å². The van der Waals surface area contributed by atoms with E-state index in [-0.39, 0.29) is 25.7 Å². The third-order valence-corrected chi connectivity index (χ3v) is 19.0. The zero-order valence-corrected chi connectivity index (χ0v) is 60.9. The van der Waals surface area contributed by atoms with Gasteiger partial charge in [-0.25, -0.2) is 9.13 Å². The van der Waals surface area contributed by atoms with Crippen LogP contribution < -0.4 is 0 Å². The van der Waals surface area contributed by atoms with Gasteiger partial charge < -0.3 is 33.8 Å². The van der Waals surface area contributed by atoms with Crippen molar-refractivity contribution in [2.75, 3.05) is 39.6 Å². The SMILES string of the molecule is CCCCCCCCCCCCCC(=O)O[C@H](COC(=O)CCCCCCCCCCCC)COP(=O)(O)OC[C@H](O)COP(=O)(O)OC[C@@H](COC(=O)CCCCCCCCCCCC(C)C)OC(=O)CCCCCCCCCCCCCCCCC(C)CC. The van der Waals surface area contributed by atoms with Crippen LogP contribution in [0.3, 0.4) is 0 Å². The highest BCUT2D eigenvalue weighted by molar-refractivity contribution is 7.47. The topological polar surface area (TPSA) is 237 Å². The molecule has 0 spiro atoms. The van der Waals surface area contributed by atoms with E-state index in [9.17, 15) is 43.2 Å². The summed E-state index contributed by atoms with van der Waals surface area (Å²) in [6, 6.07) is 0. The first-order valence-corrected chi connectivity index (χ1v) is 40.5. The van der Waals surface area contributed by atoms with E-state index in [1.165, 1.54) is 186 Å². The third kappa shape index (κ3) is 65.1. The van der Waals surface area contributed by atoms with Crippen molar-refractivity contribution in [1.82, 2.24) is 0 Å². The highest BCUT2D eigenvalue weighted by Gasteiger charge is 2.30. The minimum absolute atomic E-state index is 0.107. The Morgan fingerprint density at radius 2 is 0.560 bits per heavy atom. The van der Waals surface area contributed by atoms with Gasteiger partial charge in [0, 0.05) is 25.7 Å². The van der Waals surface area contributed by atoms with Crippen LogP contribution in [0.25, 0.3) is 0 Å². The van der Waals surface area contributed by atoms with Gasteiger partial charge in [0.25, 0.3) is 0 Å². The Balaban J connectivity index is 5.23. The number of hydrogen-bond donors (Lipinski definition) is 3. The smallest absolute Gasteiger partial charge is 0.462 e. The fraction of sp³-hybridized carbons (Fsp3) is 0.944. The standard InChI is InChI=1S/C72H140O17P2/c1-7-10-12-14-16-18-24-31-38-44-50-56-71(76)88-67(60-82-69(74)54-48-42-36-30-19-17-15-13-11-8-2)62-86-90(78,79)84-58-66(73)59-85-91(80,81)87-63-68(61-83-70(75)55-49-43-37-33-27-28-34-40-46-52-64(4)5)89-72(77)57-51-45-39-32-26-23-21-20-22-25-29-35-41-47-53-65(6)9-3/h64-68,73H,7-63H2,1-6H3,(H,78,79)(H,80,81)/t65?,66-,67+,68+/m0/s1. The molecule has 0 aromatic rings. The maximum Gasteiger partial charge on any atom is 0.472 e. The predicted molar refractivity (Wildman–Crippen MR) is 368 cm³/mol. The quantitative estimate of drug-likeness (QED) is 0.0222. The Hall–Kier alpha value is -1.94. The van der Waals surface area contributed by atoms with Gasteiger partial charge in [-0.3, -0.25) is 37.3 Å². The number of aliphatic hydroxyl groups excluding tert-OH is 1. The van der Waals surface area contributed by atoms with E-state index in [4.69, 9.17) is 37.0 Å². The maximum absolute atomic E-state index is 13.0. The van der Waals surface area contributed by atoms with Crippen LogP contribution in [0.1, 0.15) is 369 Å². The summed E-state index contributed by atoms with van der Waals surface area (Å²) in [5.74, 6) is -0.531. The molecule has 19 heteroatoms. The lowest BCUT2D eigenvalue weighted by Crippen LogP contribution is -2.30. The van der Waals surface area contributed by atoms with Gasteiger partial charge in [0.2, 0.25) is 0 Å². The molecular weight excluding hydrogens is 1200 g/mol. The molecule has 91 heavy (non-hydrogen) atoms. The molecule has 0 aliphatic carbocycles. The first kappa shape index (κ1) is 89.1. The zero-order chi connectivity index (χ0) is 67.2. The average molecular weight is 1340 g/mol. The molecule has 0 saturated carbocycles. The number of esters is 4. The molecule has 0 aromatic heterocycles. The van der Waals surface area contributed by atoms with E-state index in [2.05, 4.69) is 41.5 Å². The van der Waals surface area contributed by atoms with E-state index in [0.29, 0.717) is 25.7 Å². The molecule has 0 saturated heterocycles. The first-order valence-electron chi connectivity index (χ1n) is 37.5. The lowest BCUT2D eigenvalue weighted by Gasteiger charge is -2.21. The van der Waals surface area contributed by atoms with E-state index in [0.717, 1.165) is 102 Å². The van der Waals surface area contributed by atoms with Crippen LogP contribution in [0.2, 0.25) is 0 Å². The highest BCUT2D eigenvalue weighted by atomic mass is 31.2. The van der Waals surface area contributed by atoms with Crippen molar-refractivity contribution < 1.29 is 80.2 Å². The van der Waals surface area contributed by atoms with Crippen molar-refractivity contribution in [1.29, 1.82) is 0 Å². The molecule has 0 bridgehead atoms. The van der Waals surface area contributed by atoms with Crippen LogP contribution in [0, 0.1) is 11.8 Å². The van der Waals surface area contributed by atoms with Gasteiger partial charge >= 0.3 is 39.5 Å². The van der Waals surface area contributed by atoms with Crippen LogP contribution in [-0.4, -0.2) is 96.7 Å². The highest BCUT2D eigenvalue weighted by Crippen LogP contribution is 2.45. The van der Waals surface area contributed by atoms with Gasteiger partial charge in [-0.1, -0.05) is 318 Å². The largest absolute Gasteiger partial charge is 0.472 e. The fourth-order valence-corrected chi connectivity index (χ4v) is 12.5. The number of phosphoric acid groups is 2. The maximum atomic E-state index is 13.0. The summed E-state index contributed by atoms with van der Waals surface area (Å²) in [5, 5.41) is 10.6. The van der Waals surface area contributed by atoms with Crippen molar-refractivity contribution >= 4 is 39.5 Å². The van der Waals surface area contributed by atoms with Gasteiger partial charge in [0.1, 0.15) is 19.3 Å². The first-order chi connectivity index (χ1) is 43.9. The summed E-state index contributed by atoms with van der Waals surface area (Å²) in [6.07, 6.45) is 49.8. The second-order valence-electron chi connectivity index (χ2n) is 26.7. The van der Waals surface area contributed by atoms with E-state index >= 15 is 0 Å². The van der Waals surface area contributed by atoms with Crippen molar-refractivity contribution in [3.05, 3.63) is 0 Å². The number of unbranched alkanes of at least 4 members (excludes halogenated alkanes) is 40. The number of carbonyl (C=O) groups excluding carboxylic acids is 4. The Morgan fingerprint density at radius 1 is 0.319 bits per heavy atom. The zero-order valence-electron chi connectivity index (χ0n) is 59.1. The van der Waals surface area contributed by atoms with Gasteiger partial charge in [-0.15, -0.1) is 0 Å². The minimum Gasteiger partial charge on any atom is -0.462 e. The second-order valence-corrected chi connectivity index (χ2v) is 29.6. The summed E-state index contributed by atoms with van der Waals surface area (Å²) in [4.78, 5) is 72.6. The van der Waals surface area contributed by atoms with Crippen molar-refractivity contribution in [3.8, 4) is 0 Å². The molecule has 0 fully saturated rings. The molecule has 0 amide bonds. The molecule has 0 radical (unpaired) electrons. The van der Waals surface area contributed by atoms with Crippen molar-refractivity contribution in [3.63, 3.8) is 0 Å². The van der Waals surface area contributed by atoms with Gasteiger partial charge in [-0.05, 0) is 37.5 Å². The molecule has 0 aliphatic heterocycles. The normalized spacial score (nSPS) is 14.4. The lowest BCUT2D eigenvalue weighted by atomic mass is 9.99. The average Bonchev–Trinajstić information content (AvgIpc) is 3.73. The number of hydrogen-bond acceptors (Lipinski definition) is 15. The van der Waals surface area contributed by atoms with E-state index in [1.54, 1.807) is 0 Å². The molecule has 0 rings (SSSR count). The number of carbonyl (C=O) groups is 4. The molecule has 0 aromatic carbocycles. The summed E-state index contributed by atoms with van der Waals surface area (Å²) >= 11 is 0. The number of phosphoric ester groups is 2. The Morgan fingerprint density at radius 3 is 0.835 bits per heavy atom. The van der Waals surface area contributed by atoms with Crippen molar-refractivity contribution in [2.24, 2.45) is 11.8 Å². The summed E-state index contributed by atoms with van der Waals surface area (Å²) in [7, 11) is -9.90. The third-order valence-electron chi connectivity index (χ3n) is 17.1. The van der Waals surface area contributed by atoms with E-state index in [1.807, 2.05) is 0 Å². The predicted octanol–water partition coefficient (Wildman–Crippen LogP) is 20.8. The molecule has 6 atom stereocenters. The number of aliphatic hydroxyl groups is 1. The van der Waals surface area contributed by atoms with Gasteiger partial charge in [-0.2, -0.15) is 0 Å². The summed E-state index contributed by atoms with van der Waals surface area (Å²) < 4.78 is 68.3. The molecule has 3 N–H and O–H groups in total. The molecule has 3 unspecified atom stereocenters. The summed E-state index contributed by atoms with van der Waals surface area (Å²) in [5.41, 5.74) is 0. The van der Waals surface area contributed by atoms with Gasteiger partial charge in [0.15, 0.2) is 12.2 Å². The Kier molecular flexibility index (Phi) is 62.7. The van der Waals surface area contributed by atoms with Gasteiger partial charge in [0.05, 0.1) is 26.4 Å². The van der Waals surface area contributed by atoms with Crippen LogP contribution in [0.5, 0.6) is 0 Å². The molecular formula is C72H140O17P2. The molecule has 17 nitrogen and oxygen atoms in total.